The monoisotopic (exact) mass is 347 g/mol. The zero-order chi connectivity index (χ0) is 18.7. The van der Waals surface area contributed by atoms with Crippen LogP contribution in [0.4, 0.5) is 11.4 Å². The van der Waals surface area contributed by atoms with Crippen LogP contribution in [-0.2, 0) is 6.54 Å². The largest absolute Gasteiger partial charge is 0.350 e. The van der Waals surface area contributed by atoms with E-state index in [0.717, 1.165) is 0 Å². The Morgan fingerprint density at radius 2 is 1.88 bits per heavy atom. The molecule has 10 nitrogen and oxygen atoms in total. The van der Waals surface area contributed by atoms with Gasteiger partial charge in [-0.1, -0.05) is 6.07 Å². The van der Waals surface area contributed by atoms with Crippen molar-refractivity contribution in [3.8, 4) is 0 Å². The van der Waals surface area contributed by atoms with Gasteiger partial charge in [-0.25, -0.2) is 0 Å². The number of benzene rings is 1. The van der Waals surface area contributed by atoms with Gasteiger partial charge >= 0.3 is 5.69 Å². The zero-order valence-electron chi connectivity index (χ0n) is 14.0. The molecule has 0 unspecified atom stereocenters. The standard InChI is InChI=1S/C15H17N5O5/c1-9-12(5-4-6-13(9)19(22)23)15(21)16-7-8-18-11(3)14(20(24)25)10(2)17-18/h4-6H,7-8H2,1-3H3,(H,16,21). The Labute approximate surface area is 142 Å². The number of amides is 1. The molecule has 0 bridgehead atoms. The third-order valence-corrected chi connectivity index (χ3v) is 3.88. The van der Waals surface area contributed by atoms with E-state index in [1.54, 1.807) is 13.8 Å². The summed E-state index contributed by atoms with van der Waals surface area (Å²) in [6, 6.07) is 4.29. The van der Waals surface area contributed by atoms with Crippen molar-refractivity contribution in [3.63, 3.8) is 0 Å². The van der Waals surface area contributed by atoms with Crippen molar-refractivity contribution in [2.75, 3.05) is 6.54 Å². The van der Waals surface area contributed by atoms with E-state index in [-0.39, 0.29) is 35.6 Å². The Morgan fingerprint density at radius 3 is 2.44 bits per heavy atom. The number of carbonyl (C=O) groups is 1. The van der Waals surface area contributed by atoms with E-state index in [1.165, 1.54) is 29.8 Å². The predicted molar refractivity (Wildman–Crippen MR) is 88.5 cm³/mol. The van der Waals surface area contributed by atoms with Crippen molar-refractivity contribution in [1.82, 2.24) is 15.1 Å². The number of carbonyl (C=O) groups excluding carboxylic acids is 1. The molecule has 0 saturated carbocycles. The van der Waals surface area contributed by atoms with Crippen LogP contribution in [0.3, 0.4) is 0 Å². The second kappa shape index (κ2) is 7.07. The average Bonchev–Trinajstić information content (AvgIpc) is 2.81. The van der Waals surface area contributed by atoms with Gasteiger partial charge in [-0.2, -0.15) is 5.10 Å². The molecule has 0 saturated heterocycles. The van der Waals surface area contributed by atoms with Gasteiger partial charge in [-0.15, -0.1) is 0 Å². The first kappa shape index (κ1) is 18.0. The van der Waals surface area contributed by atoms with Crippen molar-refractivity contribution in [2.24, 2.45) is 0 Å². The van der Waals surface area contributed by atoms with Crippen LogP contribution in [0.25, 0.3) is 0 Å². The highest BCUT2D eigenvalue weighted by molar-refractivity contribution is 5.96. The quantitative estimate of drug-likeness (QED) is 0.628. The van der Waals surface area contributed by atoms with Gasteiger partial charge in [0.2, 0.25) is 0 Å². The fourth-order valence-electron chi connectivity index (χ4n) is 2.61. The Bertz CT molecular complexity index is 858. The van der Waals surface area contributed by atoms with Gasteiger partial charge in [0.25, 0.3) is 11.6 Å². The number of aromatic nitrogens is 2. The summed E-state index contributed by atoms with van der Waals surface area (Å²) in [7, 11) is 0. The van der Waals surface area contributed by atoms with Gasteiger partial charge in [-0.05, 0) is 26.8 Å². The van der Waals surface area contributed by atoms with Crippen LogP contribution in [0.5, 0.6) is 0 Å². The van der Waals surface area contributed by atoms with Gasteiger partial charge in [0.05, 0.1) is 16.4 Å². The first-order valence-electron chi connectivity index (χ1n) is 7.44. The van der Waals surface area contributed by atoms with Crippen molar-refractivity contribution in [3.05, 3.63) is 60.9 Å². The highest BCUT2D eigenvalue weighted by Gasteiger charge is 2.22. The minimum absolute atomic E-state index is 0.0409. The molecule has 132 valence electrons. The third-order valence-electron chi connectivity index (χ3n) is 3.88. The van der Waals surface area contributed by atoms with Crippen LogP contribution in [-0.4, -0.2) is 32.1 Å². The Morgan fingerprint density at radius 1 is 1.20 bits per heavy atom. The Hall–Kier alpha value is -3.30. The van der Waals surface area contributed by atoms with E-state index >= 15 is 0 Å². The maximum atomic E-state index is 12.2. The lowest BCUT2D eigenvalue weighted by Gasteiger charge is -2.08. The molecular weight excluding hydrogens is 330 g/mol. The van der Waals surface area contributed by atoms with E-state index in [4.69, 9.17) is 0 Å². The summed E-state index contributed by atoms with van der Waals surface area (Å²) >= 11 is 0. The molecule has 0 aliphatic heterocycles. The molecule has 0 aliphatic rings. The summed E-state index contributed by atoms with van der Waals surface area (Å²) in [5.74, 6) is -0.447. The summed E-state index contributed by atoms with van der Waals surface area (Å²) < 4.78 is 1.45. The van der Waals surface area contributed by atoms with E-state index in [0.29, 0.717) is 11.4 Å². The maximum Gasteiger partial charge on any atom is 0.312 e. The molecule has 1 N–H and O–H groups in total. The molecular formula is C15H17N5O5. The Balaban J connectivity index is 2.07. The maximum absolute atomic E-state index is 12.2. The van der Waals surface area contributed by atoms with Gasteiger partial charge in [0.15, 0.2) is 0 Å². The van der Waals surface area contributed by atoms with Crippen molar-refractivity contribution in [2.45, 2.75) is 27.3 Å². The molecule has 0 atom stereocenters. The van der Waals surface area contributed by atoms with Crippen LogP contribution in [0.1, 0.15) is 27.3 Å². The average molecular weight is 347 g/mol. The summed E-state index contributed by atoms with van der Waals surface area (Å²) in [6.07, 6.45) is 0. The van der Waals surface area contributed by atoms with Gasteiger partial charge in [0, 0.05) is 23.7 Å². The minimum atomic E-state index is -0.541. The molecule has 10 heteroatoms. The lowest BCUT2D eigenvalue weighted by atomic mass is 10.1. The summed E-state index contributed by atoms with van der Waals surface area (Å²) in [6.45, 7) is 5.08. The molecule has 0 radical (unpaired) electrons. The topological polar surface area (TPSA) is 133 Å². The van der Waals surface area contributed by atoms with Crippen LogP contribution in [0, 0.1) is 41.0 Å². The zero-order valence-corrected chi connectivity index (χ0v) is 14.0. The van der Waals surface area contributed by atoms with Crippen molar-refractivity contribution < 1.29 is 14.6 Å². The van der Waals surface area contributed by atoms with Crippen LogP contribution in [0.15, 0.2) is 18.2 Å². The second-order valence-electron chi connectivity index (χ2n) is 5.46. The normalized spacial score (nSPS) is 10.5. The molecule has 1 aromatic heterocycles. The molecule has 1 aromatic carbocycles. The van der Waals surface area contributed by atoms with E-state index < -0.39 is 15.8 Å². The predicted octanol–water partition coefficient (Wildman–Crippen LogP) is 2.05. The molecule has 1 heterocycles. The lowest BCUT2D eigenvalue weighted by Crippen LogP contribution is -2.28. The number of hydrogen-bond acceptors (Lipinski definition) is 6. The molecule has 2 rings (SSSR count). The fraction of sp³-hybridized carbons (Fsp3) is 0.333. The lowest BCUT2D eigenvalue weighted by molar-refractivity contribution is -0.386. The number of nitrogens with zero attached hydrogens (tertiary/aromatic N) is 4. The van der Waals surface area contributed by atoms with Crippen molar-refractivity contribution in [1.29, 1.82) is 0 Å². The molecule has 1 amide bonds. The number of aryl methyl sites for hydroxylation is 1. The van der Waals surface area contributed by atoms with Crippen LogP contribution >= 0.6 is 0 Å². The van der Waals surface area contributed by atoms with Crippen LogP contribution in [0.2, 0.25) is 0 Å². The van der Waals surface area contributed by atoms with Crippen molar-refractivity contribution >= 4 is 17.3 Å². The minimum Gasteiger partial charge on any atom is -0.350 e. The molecule has 2 aromatic rings. The summed E-state index contributed by atoms with van der Waals surface area (Å²) in [5.41, 5.74) is 1.05. The fourth-order valence-corrected chi connectivity index (χ4v) is 2.61. The van der Waals surface area contributed by atoms with E-state index in [2.05, 4.69) is 10.4 Å². The highest BCUT2D eigenvalue weighted by atomic mass is 16.6. The van der Waals surface area contributed by atoms with E-state index in [1.807, 2.05) is 0 Å². The SMILES string of the molecule is Cc1nn(CCNC(=O)c2cccc([N+](=O)[O-])c2C)c(C)c1[N+](=O)[O-]. The third kappa shape index (κ3) is 3.62. The second-order valence-corrected chi connectivity index (χ2v) is 5.46. The molecule has 25 heavy (non-hydrogen) atoms. The number of nitro groups is 2. The smallest absolute Gasteiger partial charge is 0.312 e. The first-order valence-corrected chi connectivity index (χ1v) is 7.44. The van der Waals surface area contributed by atoms with Gasteiger partial charge < -0.3 is 5.32 Å². The molecule has 0 aliphatic carbocycles. The highest BCUT2D eigenvalue weighted by Crippen LogP contribution is 2.22. The van der Waals surface area contributed by atoms with Gasteiger partial charge in [0.1, 0.15) is 11.4 Å². The Kier molecular flexibility index (Phi) is 5.11. The first-order chi connectivity index (χ1) is 11.7. The van der Waals surface area contributed by atoms with E-state index in [9.17, 15) is 25.0 Å². The summed E-state index contributed by atoms with van der Waals surface area (Å²) in [5, 5.41) is 28.6. The summed E-state index contributed by atoms with van der Waals surface area (Å²) in [4.78, 5) is 33.1. The van der Waals surface area contributed by atoms with Gasteiger partial charge in [-0.3, -0.25) is 29.7 Å². The molecule has 0 spiro atoms. The number of rotatable bonds is 6. The number of nitro benzene ring substituents is 1. The molecule has 0 fully saturated rings. The van der Waals surface area contributed by atoms with Crippen LogP contribution < -0.4 is 5.32 Å². The number of hydrogen-bond donors (Lipinski definition) is 1. The number of nitrogens with one attached hydrogen (secondary N) is 1.